The molecule has 6 nitrogen and oxygen atoms in total. The molecule has 172 valence electrons. The van der Waals surface area contributed by atoms with Gasteiger partial charge in [-0.15, -0.1) is 24.0 Å². The van der Waals surface area contributed by atoms with Gasteiger partial charge in [0, 0.05) is 44.3 Å². The predicted octanol–water partition coefficient (Wildman–Crippen LogP) is 2.84. The average molecular weight is 523 g/mol. The molecule has 2 fully saturated rings. The Kier molecular flexibility index (Phi) is 12.4. The molecule has 0 bridgehead atoms. The Hall–Kier alpha value is -0.120. The molecule has 2 rings (SSSR count). The van der Waals surface area contributed by atoms with Crippen molar-refractivity contribution in [1.29, 1.82) is 0 Å². The lowest BCUT2D eigenvalue weighted by Gasteiger charge is -2.50. The summed E-state index contributed by atoms with van der Waals surface area (Å²) in [6.45, 7) is 17.0. The summed E-state index contributed by atoms with van der Waals surface area (Å²) < 4.78 is 0. The summed E-state index contributed by atoms with van der Waals surface area (Å²) in [5, 5.41) is 7.23. The number of nitrogens with one attached hydrogen (secondary N) is 2. The van der Waals surface area contributed by atoms with Gasteiger partial charge in [0.05, 0.1) is 0 Å². The van der Waals surface area contributed by atoms with Crippen molar-refractivity contribution >= 4 is 29.9 Å². The van der Waals surface area contributed by atoms with Gasteiger partial charge in [0.2, 0.25) is 0 Å². The van der Waals surface area contributed by atoms with Crippen molar-refractivity contribution in [1.82, 2.24) is 25.3 Å². The maximum atomic E-state index is 4.50. The number of guanidine groups is 1. The molecule has 2 aliphatic heterocycles. The van der Waals surface area contributed by atoms with Crippen LogP contribution in [-0.2, 0) is 0 Å². The minimum Gasteiger partial charge on any atom is -0.355 e. The van der Waals surface area contributed by atoms with Crippen molar-refractivity contribution in [2.24, 2.45) is 4.99 Å². The molecule has 0 atom stereocenters. The predicted molar refractivity (Wildman–Crippen MR) is 137 cm³/mol. The lowest BCUT2D eigenvalue weighted by molar-refractivity contribution is 0.0173. The molecule has 2 N–H and O–H groups in total. The molecule has 0 radical (unpaired) electrons. The Labute approximate surface area is 197 Å². The van der Waals surface area contributed by atoms with Crippen LogP contribution in [0.3, 0.4) is 0 Å². The van der Waals surface area contributed by atoms with Crippen molar-refractivity contribution in [2.45, 2.75) is 77.4 Å². The summed E-state index contributed by atoms with van der Waals surface area (Å²) in [5.41, 5.74) is 0.284. The largest absolute Gasteiger partial charge is 0.355 e. The highest BCUT2D eigenvalue weighted by molar-refractivity contribution is 14.0. The third-order valence-electron chi connectivity index (χ3n) is 6.74. The molecule has 0 spiro atoms. The molecule has 0 amide bonds. The number of hydrogen-bond donors (Lipinski definition) is 2. The number of rotatable bonds is 8. The first-order valence-electron chi connectivity index (χ1n) is 11.5. The van der Waals surface area contributed by atoms with Gasteiger partial charge < -0.3 is 15.5 Å². The van der Waals surface area contributed by atoms with Crippen molar-refractivity contribution in [3.63, 3.8) is 0 Å². The van der Waals surface area contributed by atoms with Crippen LogP contribution in [-0.4, -0.2) is 98.2 Å². The number of likely N-dealkylation sites (tertiary alicyclic amines) is 2. The molecular weight excluding hydrogens is 475 g/mol. The molecule has 2 heterocycles. The van der Waals surface area contributed by atoms with Gasteiger partial charge in [0.15, 0.2) is 5.96 Å². The van der Waals surface area contributed by atoms with Crippen LogP contribution >= 0.6 is 24.0 Å². The topological polar surface area (TPSA) is 46.1 Å². The molecule has 0 aromatic heterocycles. The molecule has 0 aliphatic carbocycles. The molecule has 29 heavy (non-hydrogen) atoms. The minimum atomic E-state index is 0. The van der Waals surface area contributed by atoms with Crippen LogP contribution < -0.4 is 10.6 Å². The van der Waals surface area contributed by atoms with Crippen LogP contribution in [0.25, 0.3) is 0 Å². The molecule has 0 saturated carbocycles. The monoisotopic (exact) mass is 522 g/mol. The second kappa shape index (κ2) is 13.3. The number of hydrogen-bond acceptors (Lipinski definition) is 4. The van der Waals surface area contributed by atoms with Crippen LogP contribution in [0.4, 0.5) is 0 Å². The molecule has 0 aromatic carbocycles. The summed E-state index contributed by atoms with van der Waals surface area (Å²) in [7, 11) is 4.14. The molecule has 0 aromatic rings. The Morgan fingerprint density at radius 1 is 0.966 bits per heavy atom. The van der Waals surface area contributed by atoms with E-state index in [1.165, 1.54) is 58.3 Å². The second-order valence-corrected chi connectivity index (χ2v) is 9.35. The zero-order chi connectivity index (χ0) is 20.6. The van der Waals surface area contributed by atoms with Gasteiger partial charge in [-0.2, -0.15) is 0 Å². The maximum Gasteiger partial charge on any atom is 0.191 e. The number of halogens is 1. The first-order valence-corrected chi connectivity index (χ1v) is 11.5. The highest BCUT2D eigenvalue weighted by Crippen LogP contribution is 2.30. The Morgan fingerprint density at radius 3 is 2.07 bits per heavy atom. The zero-order valence-corrected chi connectivity index (χ0v) is 22.2. The van der Waals surface area contributed by atoms with Crippen molar-refractivity contribution in [3.05, 3.63) is 0 Å². The summed E-state index contributed by atoms with van der Waals surface area (Å²) in [6, 6.07) is 1.14. The molecule has 2 saturated heterocycles. The number of piperidine rings is 2. The smallest absolute Gasteiger partial charge is 0.191 e. The van der Waals surface area contributed by atoms with E-state index in [0.29, 0.717) is 12.1 Å². The van der Waals surface area contributed by atoms with E-state index in [0.717, 1.165) is 25.6 Å². The van der Waals surface area contributed by atoms with E-state index in [1.54, 1.807) is 0 Å². The van der Waals surface area contributed by atoms with Crippen molar-refractivity contribution < 1.29 is 0 Å². The van der Waals surface area contributed by atoms with Crippen LogP contribution in [0.15, 0.2) is 4.99 Å². The van der Waals surface area contributed by atoms with Gasteiger partial charge in [0.25, 0.3) is 0 Å². The van der Waals surface area contributed by atoms with E-state index in [-0.39, 0.29) is 29.5 Å². The summed E-state index contributed by atoms with van der Waals surface area (Å²) in [6.07, 6.45) is 6.60. The SMILES string of the molecule is CN=C(NCCN(C(C)C)C(C)C)NCC1(N2CCCCC2)CCN(C)CC1.I. The lowest BCUT2D eigenvalue weighted by atomic mass is 9.84. The minimum absolute atomic E-state index is 0. The Morgan fingerprint density at radius 2 is 1.55 bits per heavy atom. The van der Waals surface area contributed by atoms with Crippen LogP contribution in [0.2, 0.25) is 0 Å². The van der Waals surface area contributed by atoms with Gasteiger partial charge in [0.1, 0.15) is 0 Å². The third kappa shape index (κ3) is 8.15. The Bertz CT molecular complexity index is 460. The number of aliphatic imine (C=N–C) groups is 1. The molecule has 2 aliphatic rings. The molecular formula is C22H47IN6. The van der Waals surface area contributed by atoms with Gasteiger partial charge in [-0.25, -0.2) is 0 Å². The summed E-state index contributed by atoms with van der Waals surface area (Å²) in [5.74, 6) is 0.947. The van der Waals surface area contributed by atoms with Gasteiger partial charge in [-0.1, -0.05) is 6.42 Å². The van der Waals surface area contributed by atoms with E-state index in [2.05, 4.69) is 65.1 Å². The van der Waals surface area contributed by atoms with E-state index in [9.17, 15) is 0 Å². The third-order valence-corrected chi connectivity index (χ3v) is 6.74. The van der Waals surface area contributed by atoms with E-state index in [1.807, 2.05) is 7.05 Å². The van der Waals surface area contributed by atoms with Gasteiger partial charge in [-0.05, 0) is 86.6 Å². The summed E-state index contributed by atoms with van der Waals surface area (Å²) >= 11 is 0. The standard InChI is InChI=1S/C22H46N6.HI/c1-19(2)28(20(3)4)17-12-24-21(23-5)25-18-22(10-15-26(6)16-11-22)27-13-8-7-9-14-27;/h19-20H,7-18H2,1-6H3,(H2,23,24,25);1H. The quantitative estimate of drug-likeness (QED) is 0.292. The Balaban J connectivity index is 0.00000420. The zero-order valence-electron chi connectivity index (χ0n) is 19.8. The van der Waals surface area contributed by atoms with E-state index >= 15 is 0 Å². The van der Waals surface area contributed by atoms with E-state index < -0.39 is 0 Å². The van der Waals surface area contributed by atoms with E-state index in [4.69, 9.17) is 0 Å². The first-order chi connectivity index (χ1) is 13.4. The normalized spacial score (nSPS) is 21.5. The average Bonchev–Trinajstić information content (AvgIpc) is 2.69. The van der Waals surface area contributed by atoms with Crippen LogP contribution in [0.1, 0.15) is 59.8 Å². The molecule has 7 heteroatoms. The highest BCUT2D eigenvalue weighted by atomic mass is 127. The van der Waals surface area contributed by atoms with Crippen LogP contribution in [0.5, 0.6) is 0 Å². The van der Waals surface area contributed by atoms with Gasteiger partial charge in [-0.3, -0.25) is 14.8 Å². The fourth-order valence-electron chi connectivity index (χ4n) is 4.89. The lowest BCUT2D eigenvalue weighted by Crippen LogP contribution is -2.62. The van der Waals surface area contributed by atoms with Gasteiger partial charge >= 0.3 is 0 Å². The van der Waals surface area contributed by atoms with Crippen molar-refractivity contribution in [3.8, 4) is 0 Å². The summed E-state index contributed by atoms with van der Waals surface area (Å²) in [4.78, 5) is 12.3. The maximum absolute atomic E-state index is 4.50. The number of nitrogens with zero attached hydrogens (tertiary/aromatic N) is 4. The first kappa shape index (κ1) is 26.9. The highest BCUT2D eigenvalue weighted by Gasteiger charge is 2.39. The van der Waals surface area contributed by atoms with Crippen molar-refractivity contribution in [2.75, 3.05) is 59.9 Å². The molecule has 0 unspecified atom stereocenters. The fraction of sp³-hybridized carbons (Fsp3) is 0.955. The second-order valence-electron chi connectivity index (χ2n) is 9.35. The fourth-order valence-corrected chi connectivity index (χ4v) is 4.89. The van der Waals surface area contributed by atoms with Crippen LogP contribution in [0, 0.1) is 0 Å².